The molecular weight excluding hydrogens is 577 g/mol. The number of hydrogen-bond donors (Lipinski definition) is 1. The normalized spacial score (nSPS) is 12.2. The first-order chi connectivity index (χ1) is 15.5. The molecule has 180 valence electrons. The van der Waals surface area contributed by atoms with E-state index in [-0.39, 0.29) is 12.5 Å². The van der Waals surface area contributed by atoms with Crippen molar-refractivity contribution in [3.8, 4) is 0 Å². The Morgan fingerprint density at radius 1 is 1.09 bits per heavy atom. The fourth-order valence-electron chi connectivity index (χ4n) is 3.13. The van der Waals surface area contributed by atoms with Crippen LogP contribution >= 0.6 is 34.2 Å². The summed E-state index contributed by atoms with van der Waals surface area (Å²) in [5, 5.41) is 3.41. The molecule has 2 amide bonds. The van der Waals surface area contributed by atoms with Crippen molar-refractivity contribution in [3.05, 3.63) is 62.7 Å². The molecule has 0 heterocycles. The summed E-state index contributed by atoms with van der Waals surface area (Å²) < 4.78 is 27.0. The van der Waals surface area contributed by atoms with E-state index in [0.29, 0.717) is 17.3 Å². The quantitative estimate of drug-likeness (QED) is 0.309. The summed E-state index contributed by atoms with van der Waals surface area (Å²) in [6.45, 7) is 3.91. The van der Waals surface area contributed by atoms with Gasteiger partial charge in [0.15, 0.2) is 0 Å². The summed E-state index contributed by atoms with van der Waals surface area (Å²) in [5.41, 5.74) is 1.17. The van der Waals surface area contributed by atoms with Gasteiger partial charge in [0.05, 0.1) is 11.9 Å². The number of benzene rings is 2. The Kier molecular flexibility index (Phi) is 10.4. The largest absolute Gasteiger partial charge is 0.354 e. The summed E-state index contributed by atoms with van der Waals surface area (Å²) in [5.74, 6) is -0.766. The third-order valence-electron chi connectivity index (χ3n) is 5.06. The van der Waals surface area contributed by atoms with Crippen LogP contribution in [0.1, 0.15) is 32.3 Å². The van der Waals surface area contributed by atoms with Crippen molar-refractivity contribution < 1.29 is 18.0 Å². The van der Waals surface area contributed by atoms with E-state index in [1.807, 2.05) is 6.92 Å². The molecule has 7 nitrogen and oxygen atoms in total. The highest BCUT2D eigenvalue weighted by Crippen LogP contribution is 2.21. The average molecular weight is 606 g/mol. The van der Waals surface area contributed by atoms with Crippen molar-refractivity contribution in [2.75, 3.05) is 23.7 Å². The molecule has 1 N–H and O–H groups in total. The predicted octanol–water partition coefficient (Wildman–Crippen LogP) is 4.04. The Balaban J connectivity index is 2.32. The molecule has 0 fully saturated rings. The Labute approximate surface area is 214 Å². The molecule has 0 aliphatic rings. The summed E-state index contributed by atoms with van der Waals surface area (Å²) >= 11 is 8.10. The lowest BCUT2D eigenvalue weighted by molar-refractivity contribution is -0.139. The van der Waals surface area contributed by atoms with E-state index in [0.717, 1.165) is 32.5 Å². The number of unbranched alkanes of at least 4 members (excludes halogenated alkanes) is 1. The zero-order chi connectivity index (χ0) is 24.6. The topological polar surface area (TPSA) is 86.8 Å². The lowest BCUT2D eigenvalue weighted by Crippen LogP contribution is -2.51. The molecule has 0 aromatic heterocycles. The second-order valence-corrected chi connectivity index (χ2v) is 11.3. The van der Waals surface area contributed by atoms with Crippen LogP contribution in [-0.4, -0.2) is 50.5 Å². The predicted molar refractivity (Wildman–Crippen MR) is 141 cm³/mol. The Hall–Kier alpha value is -1.85. The van der Waals surface area contributed by atoms with Crippen molar-refractivity contribution in [2.24, 2.45) is 0 Å². The highest BCUT2D eigenvalue weighted by Gasteiger charge is 2.30. The molecule has 0 radical (unpaired) electrons. The van der Waals surface area contributed by atoms with E-state index in [4.69, 9.17) is 11.6 Å². The van der Waals surface area contributed by atoms with Gasteiger partial charge in [-0.2, -0.15) is 0 Å². The number of nitrogens with one attached hydrogen (secondary N) is 1. The molecule has 10 heteroatoms. The minimum absolute atomic E-state index is 0.142. The zero-order valence-electron chi connectivity index (χ0n) is 18.9. The van der Waals surface area contributed by atoms with Gasteiger partial charge in [0.1, 0.15) is 12.6 Å². The van der Waals surface area contributed by atoms with E-state index in [1.165, 1.54) is 4.90 Å². The Morgan fingerprint density at radius 3 is 2.24 bits per heavy atom. The Morgan fingerprint density at radius 2 is 1.70 bits per heavy atom. The standard InChI is InChI=1S/C23H29ClIN3O4S/c1-4-5-14-26-23(30)17(2)27(15-18-6-8-19(24)9-7-18)22(29)16-28(33(3,31)32)21-12-10-20(25)11-13-21/h6-13,17H,4-5,14-16H2,1-3H3,(H,26,30)/t17-/m1/s1. The highest BCUT2D eigenvalue weighted by molar-refractivity contribution is 14.1. The van der Waals surface area contributed by atoms with E-state index in [1.54, 1.807) is 55.5 Å². The molecule has 0 aliphatic heterocycles. The average Bonchev–Trinajstić information content (AvgIpc) is 2.76. The zero-order valence-corrected chi connectivity index (χ0v) is 22.7. The monoisotopic (exact) mass is 605 g/mol. The van der Waals surface area contributed by atoms with Crippen LogP contribution in [0.4, 0.5) is 5.69 Å². The Bertz CT molecular complexity index is 1050. The number of carbonyl (C=O) groups excluding carboxylic acids is 2. The number of rotatable bonds is 11. The van der Waals surface area contributed by atoms with E-state index in [9.17, 15) is 18.0 Å². The smallest absolute Gasteiger partial charge is 0.244 e. The second kappa shape index (κ2) is 12.6. The minimum atomic E-state index is -3.74. The van der Waals surface area contributed by atoms with Gasteiger partial charge >= 0.3 is 0 Å². The van der Waals surface area contributed by atoms with Gasteiger partial charge in [0.25, 0.3) is 0 Å². The van der Waals surface area contributed by atoms with Gasteiger partial charge in [-0.25, -0.2) is 8.42 Å². The maximum atomic E-state index is 13.4. The number of anilines is 1. The van der Waals surface area contributed by atoms with Crippen molar-refractivity contribution in [1.29, 1.82) is 0 Å². The van der Waals surface area contributed by atoms with Gasteiger partial charge in [-0.05, 0) is 77.9 Å². The molecule has 0 saturated heterocycles. The molecule has 2 aromatic rings. The first-order valence-corrected chi connectivity index (χ1v) is 13.9. The molecule has 0 spiro atoms. The van der Waals surface area contributed by atoms with Crippen LogP contribution in [0.5, 0.6) is 0 Å². The minimum Gasteiger partial charge on any atom is -0.354 e. The molecule has 0 unspecified atom stereocenters. The molecule has 0 bridgehead atoms. The maximum absolute atomic E-state index is 13.4. The lowest BCUT2D eigenvalue weighted by Gasteiger charge is -2.31. The second-order valence-electron chi connectivity index (χ2n) is 7.71. The van der Waals surface area contributed by atoms with Gasteiger partial charge in [0, 0.05) is 21.7 Å². The number of amides is 2. The molecule has 1 atom stereocenters. The van der Waals surface area contributed by atoms with Crippen LogP contribution in [0, 0.1) is 3.57 Å². The third kappa shape index (κ3) is 8.46. The van der Waals surface area contributed by atoms with Gasteiger partial charge in [0.2, 0.25) is 21.8 Å². The first kappa shape index (κ1) is 27.4. The number of carbonyl (C=O) groups is 2. The van der Waals surface area contributed by atoms with Gasteiger partial charge in [-0.1, -0.05) is 37.1 Å². The van der Waals surface area contributed by atoms with Crippen LogP contribution in [0.3, 0.4) is 0 Å². The highest BCUT2D eigenvalue weighted by atomic mass is 127. The summed E-state index contributed by atoms with van der Waals surface area (Å²) in [7, 11) is -3.74. The van der Waals surface area contributed by atoms with Crippen LogP contribution < -0.4 is 9.62 Å². The lowest BCUT2D eigenvalue weighted by atomic mass is 10.1. The fraction of sp³-hybridized carbons (Fsp3) is 0.391. The van der Waals surface area contributed by atoms with Crippen LogP contribution in [-0.2, 0) is 26.2 Å². The number of hydrogen-bond acceptors (Lipinski definition) is 4. The molecule has 2 rings (SSSR count). The van der Waals surface area contributed by atoms with Crippen LogP contribution in [0.15, 0.2) is 48.5 Å². The van der Waals surface area contributed by atoms with Crippen LogP contribution in [0.25, 0.3) is 0 Å². The summed E-state index contributed by atoms with van der Waals surface area (Å²) in [4.78, 5) is 27.5. The number of nitrogens with zero attached hydrogens (tertiary/aromatic N) is 2. The van der Waals surface area contributed by atoms with Gasteiger partial charge < -0.3 is 10.2 Å². The molecule has 33 heavy (non-hydrogen) atoms. The van der Waals surface area contributed by atoms with E-state index < -0.39 is 28.5 Å². The van der Waals surface area contributed by atoms with Crippen LogP contribution in [0.2, 0.25) is 5.02 Å². The molecular formula is C23H29ClIN3O4S. The maximum Gasteiger partial charge on any atom is 0.244 e. The van der Waals surface area contributed by atoms with E-state index in [2.05, 4.69) is 27.9 Å². The van der Waals surface area contributed by atoms with Crippen molar-refractivity contribution >= 4 is 61.7 Å². The SMILES string of the molecule is CCCCNC(=O)[C@@H](C)N(Cc1ccc(Cl)cc1)C(=O)CN(c1ccc(I)cc1)S(C)(=O)=O. The van der Waals surface area contributed by atoms with Crippen molar-refractivity contribution in [1.82, 2.24) is 10.2 Å². The fourth-order valence-corrected chi connectivity index (χ4v) is 4.46. The van der Waals surface area contributed by atoms with Gasteiger partial charge in [-0.15, -0.1) is 0 Å². The molecule has 2 aromatic carbocycles. The number of halogens is 2. The van der Waals surface area contributed by atoms with Gasteiger partial charge in [-0.3, -0.25) is 13.9 Å². The first-order valence-electron chi connectivity index (χ1n) is 10.6. The summed E-state index contributed by atoms with van der Waals surface area (Å²) in [6.07, 6.45) is 2.82. The van der Waals surface area contributed by atoms with Crippen molar-refractivity contribution in [3.63, 3.8) is 0 Å². The van der Waals surface area contributed by atoms with Crippen molar-refractivity contribution in [2.45, 2.75) is 39.3 Å². The third-order valence-corrected chi connectivity index (χ3v) is 7.17. The van der Waals surface area contributed by atoms with E-state index >= 15 is 0 Å². The summed E-state index contributed by atoms with van der Waals surface area (Å²) in [6, 6.07) is 13.0. The molecule has 0 aliphatic carbocycles. The number of sulfonamides is 1. The molecule has 0 saturated carbocycles.